The Hall–Kier alpha value is -3.74. The molecule has 6 aromatic rings. The molecular weight excluding hydrogens is 456 g/mol. The van der Waals surface area contributed by atoms with E-state index in [9.17, 15) is 0 Å². The minimum Gasteiger partial charge on any atom is -0.399 e. The summed E-state index contributed by atoms with van der Waals surface area (Å²) in [6.45, 7) is 2.12. The number of rotatable bonds is 4. The summed E-state index contributed by atoms with van der Waals surface area (Å²) in [4.78, 5) is 9.69. The summed E-state index contributed by atoms with van der Waals surface area (Å²) in [6.07, 6.45) is 0.911. The molecule has 0 fully saturated rings. The second-order valence-corrected chi connectivity index (χ2v) is 10.4. The van der Waals surface area contributed by atoms with E-state index in [1.54, 1.807) is 22.7 Å². The number of aromatic nitrogens is 2. The van der Waals surface area contributed by atoms with Gasteiger partial charge in [0, 0.05) is 22.5 Å². The summed E-state index contributed by atoms with van der Waals surface area (Å²) >= 11 is 3.41. The molecule has 34 heavy (non-hydrogen) atoms. The van der Waals surface area contributed by atoms with Crippen molar-refractivity contribution in [1.82, 2.24) is 9.97 Å². The van der Waals surface area contributed by atoms with Gasteiger partial charge in [-0.25, -0.2) is 9.97 Å². The molecule has 4 aromatic carbocycles. The standard InChI is InChI=1S/C28H22N4S2/c1-2-16-12-20(6-9-22(16)30)28-32-24-11-8-18(15-26(24)34-28)17-7-10-23-25(14-17)33-27(31-23)19-4-3-5-21(29)13-19/h3-15H,2,29-30H2,1H3. The smallest absolute Gasteiger partial charge is 0.124 e. The van der Waals surface area contributed by atoms with Crippen molar-refractivity contribution in [3.8, 4) is 32.3 Å². The van der Waals surface area contributed by atoms with Crippen LogP contribution in [0.1, 0.15) is 12.5 Å². The van der Waals surface area contributed by atoms with Crippen LogP contribution in [0.15, 0.2) is 78.9 Å². The first-order chi connectivity index (χ1) is 16.6. The molecule has 0 saturated heterocycles. The third-order valence-corrected chi connectivity index (χ3v) is 8.15. The normalized spacial score (nSPS) is 11.4. The van der Waals surface area contributed by atoms with Gasteiger partial charge in [-0.05, 0) is 77.7 Å². The van der Waals surface area contributed by atoms with E-state index >= 15 is 0 Å². The monoisotopic (exact) mass is 478 g/mol. The maximum atomic E-state index is 6.09. The maximum absolute atomic E-state index is 6.09. The molecule has 2 heterocycles. The number of benzene rings is 4. The summed E-state index contributed by atoms with van der Waals surface area (Å²) in [5.74, 6) is 0. The Morgan fingerprint density at radius 3 is 1.82 bits per heavy atom. The van der Waals surface area contributed by atoms with Crippen molar-refractivity contribution in [1.29, 1.82) is 0 Å². The lowest BCUT2D eigenvalue weighted by Crippen LogP contribution is -1.92. The first-order valence-corrected chi connectivity index (χ1v) is 12.8. The van der Waals surface area contributed by atoms with E-state index in [2.05, 4.69) is 61.5 Å². The third-order valence-electron chi connectivity index (χ3n) is 6.01. The van der Waals surface area contributed by atoms with Crippen LogP contribution in [-0.4, -0.2) is 9.97 Å². The number of nitrogen functional groups attached to an aromatic ring is 2. The van der Waals surface area contributed by atoms with Crippen molar-refractivity contribution >= 4 is 54.5 Å². The van der Waals surface area contributed by atoms with Gasteiger partial charge < -0.3 is 11.5 Å². The lowest BCUT2D eigenvalue weighted by atomic mass is 10.1. The predicted molar refractivity (Wildman–Crippen MR) is 147 cm³/mol. The minimum atomic E-state index is 0.750. The van der Waals surface area contributed by atoms with Gasteiger partial charge in [0.1, 0.15) is 10.0 Å². The Kier molecular flexibility index (Phi) is 5.05. The Morgan fingerprint density at radius 1 is 0.647 bits per heavy atom. The van der Waals surface area contributed by atoms with Gasteiger partial charge in [-0.3, -0.25) is 0 Å². The van der Waals surface area contributed by atoms with Crippen LogP contribution in [0.3, 0.4) is 0 Å². The minimum absolute atomic E-state index is 0.750. The van der Waals surface area contributed by atoms with Crippen molar-refractivity contribution in [2.24, 2.45) is 0 Å². The highest BCUT2D eigenvalue weighted by Crippen LogP contribution is 2.37. The average molecular weight is 479 g/mol. The van der Waals surface area contributed by atoms with Crippen LogP contribution in [0.4, 0.5) is 11.4 Å². The molecule has 4 N–H and O–H groups in total. The fourth-order valence-corrected chi connectivity index (χ4v) is 6.17. The van der Waals surface area contributed by atoms with Gasteiger partial charge in [-0.2, -0.15) is 0 Å². The molecule has 0 aliphatic carbocycles. The molecule has 0 radical (unpaired) electrons. The molecule has 6 rings (SSSR count). The number of nitrogens with zero attached hydrogens (tertiary/aromatic N) is 2. The number of thiazole rings is 2. The fraction of sp³-hybridized carbons (Fsp3) is 0.0714. The molecule has 2 aromatic heterocycles. The molecule has 0 saturated carbocycles. The Bertz CT molecular complexity index is 1680. The van der Waals surface area contributed by atoms with Gasteiger partial charge in [0.05, 0.1) is 20.4 Å². The number of hydrogen-bond donors (Lipinski definition) is 2. The van der Waals surface area contributed by atoms with Gasteiger partial charge in [0.15, 0.2) is 0 Å². The van der Waals surface area contributed by atoms with Crippen molar-refractivity contribution in [2.75, 3.05) is 11.5 Å². The topological polar surface area (TPSA) is 77.8 Å². The molecule has 0 atom stereocenters. The molecule has 0 amide bonds. The van der Waals surface area contributed by atoms with Crippen LogP contribution < -0.4 is 11.5 Å². The van der Waals surface area contributed by atoms with Crippen molar-refractivity contribution in [3.05, 3.63) is 84.4 Å². The molecule has 166 valence electrons. The van der Waals surface area contributed by atoms with Crippen LogP contribution in [0, 0.1) is 0 Å². The molecule has 6 heteroatoms. The Balaban J connectivity index is 1.37. The highest BCUT2D eigenvalue weighted by Gasteiger charge is 2.11. The number of fused-ring (bicyclic) bond motifs is 2. The molecule has 0 bridgehead atoms. The lowest BCUT2D eigenvalue weighted by molar-refractivity contribution is 1.14. The summed E-state index contributed by atoms with van der Waals surface area (Å²) < 4.78 is 2.33. The first-order valence-electron chi connectivity index (χ1n) is 11.1. The summed E-state index contributed by atoms with van der Waals surface area (Å²) in [7, 11) is 0. The van der Waals surface area contributed by atoms with Crippen molar-refractivity contribution in [3.63, 3.8) is 0 Å². The van der Waals surface area contributed by atoms with E-state index in [0.717, 1.165) is 60.2 Å². The highest BCUT2D eigenvalue weighted by molar-refractivity contribution is 7.22. The Morgan fingerprint density at radius 2 is 1.24 bits per heavy atom. The van der Waals surface area contributed by atoms with Crippen LogP contribution in [0.5, 0.6) is 0 Å². The second kappa shape index (κ2) is 8.24. The maximum Gasteiger partial charge on any atom is 0.124 e. The molecule has 0 aliphatic heterocycles. The molecule has 0 spiro atoms. The van der Waals surface area contributed by atoms with Gasteiger partial charge in [-0.15, -0.1) is 22.7 Å². The lowest BCUT2D eigenvalue weighted by Gasteiger charge is -2.04. The van der Waals surface area contributed by atoms with Gasteiger partial charge in [0.25, 0.3) is 0 Å². The zero-order valence-corrected chi connectivity index (χ0v) is 20.2. The van der Waals surface area contributed by atoms with Gasteiger partial charge in [0.2, 0.25) is 0 Å². The SMILES string of the molecule is CCc1cc(-c2nc3ccc(-c4ccc5nc(-c6cccc(N)c6)sc5c4)cc3s2)ccc1N. The molecule has 0 unspecified atom stereocenters. The van der Waals surface area contributed by atoms with Gasteiger partial charge >= 0.3 is 0 Å². The highest BCUT2D eigenvalue weighted by atomic mass is 32.1. The number of nitrogens with two attached hydrogens (primary N) is 2. The Labute approximate surface area is 205 Å². The summed E-state index contributed by atoms with van der Waals surface area (Å²) in [6, 6.07) is 27.0. The van der Waals surface area contributed by atoms with E-state index in [4.69, 9.17) is 21.4 Å². The second-order valence-electron chi connectivity index (χ2n) is 8.30. The van der Waals surface area contributed by atoms with Crippen LogP contribution in [-0.2, 0) is 6.42 Å². The van der Waals surface area contributed by atoms with E-state index in [-0.39, 0.29) is 0 Å². The van der Waals surface area contributed by atoms with Crippen LogP contribution in [0.25, 0.3) is 52.7 Å². The largest absolute Gasteiger partial charge is 0.399 e. The van der Waals surface area contributed by atoms with E-state index in [1.165, 1.54) is 15.8 Å². The zero-order valence-electron chi connectivity index (χ0n) is 18.6. The van der Waals surface area contributed by atoms with Crippen molar-refractivity contribution in [2.45, 2.75) is 13.3 Å². The van der Waals surface area contributed by atoms with E-state index < -0.39 is 0 Å². The zero-order chi connectivity index (χ0) is 23.2. The predicted octanol–water partition coefficient (Wildman–Crippen LogP) is 7.63. The number of anilines is 2. The van der Waals surface area contributed by atoms with E-state index in [1.807, 2.05) is 24.3 Å². The van der Waals surface area contributed by atoms with E-state index in [0.29, 0.717) is 0 Å². The van der Waals surface area contributed by atoms with Gasteiger partial charge in [-0.1, -0.05) is 31.2 Å². The number of aryl methyl sites for hydroxylation is 1. The third kappa shape index (κ3) is 3.71. The quantitative estimate of drug-likeness (QED) is 0.255. The molecular formula is C28H22N4S2. The number of hydrogen-bond acceptors (Lipinski definition) is 6. The average Bonchev–Trinajstić information content (AvgIpc) is 3.47. The molecule has 4 nitrogen and oxygen atoms in total. The fourth-order valence-electron chi connectivity index (χ4n) is 4.17. The van der Waals surface area contributed by atoms with Crippen LogP contribution >= 0.6 is 22.7 Å². The first kappa shape index (κ1) is 20.8. The summed E-state index contributed by atoms with van der Waals surface area (Å²) in [5, 5.41) is 2.00. The molecule has 0 aliphatic rings. The van der Waals surface area contributed by atoms with Crippen LogP contribution in [0.2, 0.25) is 0 Å². The van der Waals surface area contributed by atoms with Crippen molar-refractivity contribution < 1.29 is 0 Å². The summed E-state index contributed by atoms with van der Waals surface area (Å²) in [5.41, 5.74) is 21.3.